The lowest BCUT2D eigenvalue weighted by Gasteiger charge is -2.38. The summed E-state index contributed by atoms with van der Waals surface area (Å²) in [5.74, 6) is 0.188. The molecule has 0 unspecified atom stereocenters. The SMILES string of the molecule is CC(C)(C)OC(=O)Cc1cccc(N2CCC3(CC2)NC(=O)N(CC2CC2)C3=O)c1. The van der Waals surface area contributed by atoms with Crippen LogP contribution in [0.25, 0.3) is 0 Å². The standard InChI is InChI=1S/C23H31N3O4/c1-22(2,3)30-19(27)14-17-5-4-6-18(13-17)25-11-9-23(10-12-25)20(28)26(21(29)24-23)15-16-7-8-16/h4-6,13,16H,7-12,14-15H2,1-3H3,(H,24,29). The molecule has 1 N–H and O–H groups in total. The molecule has 2 saturated heterocycles. The van der Waals surface area contributed by atoms with E-state index >= 15 is 0 Å². The van der Waals surface area contributed by atoms with Crippen molar-refractivity contribution in [3.63, 3.8) is 0 Å². The lowest BCUT2D eigenvalue weighted by molar-refractivity contribution is -0.153. The predicted octanol–water partition coefficient (Wildman–Crippen LogP) is 2.87. The number of rotatable bonds is 5. The van der Waals surface area contributed by atoms with Gasteiger partial charge in [-0.2, -0.15) is 0 Å². The molecule has 1 aromatic rings. The molecule has 1 aliphatic carbocycles. The molecular weight excluding hydrogens is 382 g/mol. The van der Waals surface area contributed by atoms with Crippen LogP contribution in [0.2, 0.25) is 0 Å². The van der Waals surface area contributed by atoms with Gasteiger partial charge in [0.25, 0.3) is 5.91 Å². The molecule has 1 aromatic carbocycles. The van der Waals surface area contributed by atoms with E-state index in [2.05, 4.69) is 10.2 Å². The molecule has 1 spiro atoms. The molecule has 1 saturated carbocycles. The Bertz CT molecular complexity index is 848. The third kappa shape index (κ3) is 4.45. The fourth-order valence-electron chi connectivity index (χ4n) is 4.29. The van der Waals surface area contributed by atoms with E-state index in [4.69, 9.17) is 4.74 Å². The Hall–Kier alpha value is -2.57. The molecule has 0 radical (unpaired) electrons. The number of imide groups is 1. The van der Waals surface area contributed by atoms with E-state index in [9.17, 15) is 14.4 Å². The topological polar surface area (TPSA) is 79.0 Å². The smallest absolute Gasteiger partial charge is 0.325 e. The van der Waals surface area contributed by atoms with E-state index in [1.807, 2.05) is 45.0 Å². The maximum Gasteiger partial charge on any atom is 0.325 e. The van der Waals surface area contributed by atoms with Crippen molar-refractivity contribution in [3.05, 3.63) is 29.8 Å². The quantitative estimate of drug-likeness (QED) is 0.593. The molecule has 2 aliphatic heterocycles. The summed E-state index contributed by atoms with van der Waals surface area (Å²) < 4.78 is 5.42. The third-order valence-corrected chi connectivity index (χ3v) is 6.04. The molecule has 162 valence electrons. The van der Waals surface area contributed by atoms with Crippen molar-refractivity contribution in [2.75, 3.05) is 24.5 Å². The Morgan fingerprint density at radius 1 is 1.20 bits per heavy atom. The second-order valence-corrected chi connectivity index (χ2v) is 9.79. The summed E-state index contributed by atoms with van der Waals surface area (Å²) in [6, 6.07) is 7.66. The van der Waals surface area contributed by atoms with Crippen molar-refractivity contribution < 1.29 is 19.1 Å². The largest absolute Gasteiger partial charge is 0.460 e. The van der Waals surface area contributed by atoms with Crippen LogP contribution in [0.5, 0.6) is 0 Å². The number of urea groups is 1. The lowest BCUT2D eigenvalue weighted by Crippen LogP contribution is -2.55. The van der Waals surface area contributed by atoms with Gasteiger partial charge in [0.05, 0.1) is 6.42 Å². The van der Waals surface area contributed by atoms with Crippen LogP contribution in [0.3, 0.4) is 0 Å². The summed E-state index contributed by atoms with van der Waals surface area (Å²) >= 11 is 0. The van der Waals surface area contributed by atoms with Gasteiger partial charge in [0.2, 0.25) is 0 Å². The summed E-state index contributed by atoms with van der Waals surface area (Å²) in [5.41, 5.74) is 0.679. The molecule has 2 heterocycles. The van der Waals surface area contributed by atoms with Crippen molar-refractivity contribution in [1.29, 1.82) is 0 Å². The molecule has 3 aliphatic rings. The summed E-state index contributed by atoms with van der Waals surface area (Å²) in [6.45, 7) is 7.50. The Balaban J connectivity index is 1.38. The normalized spacial score (nSPS) is 21.2. The predicted molar refractivity (Wildman–Crippen MR) is 113 cm³/mol. The highest BCUT2D eigenvalue weighted by Crippen LogP contribution is 2.35. The first-order chi connectivity index (χ1) is 14.2. The number of piperidine rings is 1. The molecular formula is C23H31N3O4. The number of carbonyl (C=O) groups excluding carboxylic acids is 3. The Kier molecular flexibility index (Phi) is 5.24. The van der Waals surface area contributed by atoms with Gasteiger partial charge in [0.1, 0.15) is 11.1 Å². The van der Waals surface area contributed by atoms with Gasteiger partial charge >= 0.3 is 12.0 Å². The molecule has 3 amide bonds. The number of hydrogen-bond donors (Lipinski definition) is 1. The second kappa shape index (κ2) is 7.60. The maximum absolute atomic E-state index is 13.0. The zero-order chi connectivity index (χ0) is 21.5. The number of amides is 3. The van der Waals surface area contributed by atoms with Crippen LogP contribution in [0.15, 0.2) is 24.3 Å². The third-order valence-electron chi connectivity index (χ3n) is 6.04. The number of ether oxygens (including phenoxy) is 1. The summed E-state index contributed by atoms with van der Waals surface area (Å²) in [6.07, 6.45) is 3.63. The lowest BCUT2D eigenvalue weighted by atomic mass is 9.87. The number of benzene rings is 1. The minimum absolute atomic E-state index is 0.0577. The van der Waals surface area contributed by atoms with Gasteiger partial charge in [-0.25, -0.2) is 4.79 Å². The monoisotopic (exact) mass is 413 g/mol. The average Bonchev–Trinajstić information content (AvgIpc) is 3.45. The number of nitrogens with one attached hydrogen (secondary N) is 1. The van der Waals surface area contributed by atoms with E-state index < -0.39 is 11.1 Å². The van der Waals surface area contributed by atoms with Crippen LogP contribution < -0.4 is 10.2 Å². The van der Waals surface area contributed by atoms with Crippen LogP contribution in [0, 0.1) is 5.92 Å². The molecule has 0 aromatic heterocycles. The van der Waals surface area contributed by atoms with E-state index in [0.717, 1.165) is 24.1 Å². The summed E-state index contributed by atoms with van der Waals surface area (Å²) in [4.78, 5) is 41.1. The number of hydrogen-bond acceptors (Lipinski definition) is 5. The Morgan fingerprint density at radius 3 is 2.53 bits per heavy atom. The molecule has 0 bridgehead atoms. The average molecular weight is 414 g/mol. The van der Waals surface area contributed by atoms with Crippen molar-refractivity contribution in [1.82, 2.24) is 10.2 Å². The van der Waals surface area contributed by atoms with Gasteiger partial charge in [-0.1, -0.05) is 12.1 Å². The Morgan fingerprint density at radius 2 is 1.90 bits per heavy atom. The van der Waals surface area contributed by atoms with E-state index in [1.165, 1.54) is 4.90 Å². The molecule has 30 heavy (non-hydrogen) atoms. The first-order valence-electron chi connectivity index (χ1n) is 10.9. The van der Waals surface area contributed by atoms with Gasteiger partial charge < -0.3 is 15.0 Å². The zero-order valence-electron chi connectivity index (χ0n) is 18.1. The highest BCUT2D eigenvalue weighted by atomic mass is 16.6. The first-order valence-corrected chi connectivity index (χ1v) is 10.9. The van der Waals surface area contributed by atoms with Crippen molar-refractivity contribution in [2.24, 2.45) is 5.92 Å². The molecule has 3 fully saturated rings. The minimum atomic E-state index is -0.753. The van der Waals surface area contributed by atoms with Crippen LogP contribution >= 0.6 is 0 Å². The van der Waals surface area contributed by atoms with Gasteiger partial charge in [-0.3, -0.25) is 14.5 Å². The highest BCUT2D eigenvalue weighted by Gasteiger charge is 2.53. The van der Waals surface area contributed by atoms with Crippen molar-refractivity contribution in [3.8, 4) is 0 Å². The second-order valence-electron chi connectivity index (χ2n) is 9.79. The van der Waals surface area contributed by atoms with Crippen LogP contribution in [0.1, 0.15) is 52.0 Å². The fraction of sp³-hybridized carbons (Fsp3) is 0.609. The molecule has 0 atom stereocenters. The molecule has 7 nitrogen and oxygen atoms in total. The number of anilines is 1. The van der Waals surface area contributed by atoms with Crippen molar-refractivity contribution >= 4 is 23.6 Å². The van der Waals surface area contributed by atoms with Crippen LogP contribution in [-0.4, -0.2) is 53.6 Å². The molecule has 7 heteroatoms. The maximum atomic E-state index is 13.0. The van der Waals surface area contributed by atoms with Gasteiger partial charge in [-0.15, -0.1) is 0 Å². The minimum Gasteiger partial charge on any atom is -0.460 e. The van der Waals surface area contributed by atoms with E-state index in [-0.39, 0.29) is 24.3 Å². The number of carbonyl (C=O) groups is 3. The Labute approximate surface area is 177 Å². The van der Waals surface area contributed by atoms with Gasteiger partial charge in [0, 0.05) is 25.3 Å². The van der Waals surface area contributed by atoms with E-state index in [1.54, 1.807) is 0 Å². The van der Waals surface area contributed by atoms with Crippen molar-refractivity contribution in [2.45, 2.75) is 64.0 Å². The van der Waals surface area contributed by atoms with Gasteiger partial charge in [-0.05, 0) is 70.1 Å². The highest BCUT2D eigenvalue weighted by molar-refractivity contribution is 6.07. The number of nitrogens with zero attached hydrogens (tertiary/aromatic N) is 2. The summed E-state index contributed by atoms with van der Waals surface area (Å²) in [5, 5.41) is 2.98. The first kappa shape index (κ1) is 20.7. The van der Waals surface area contributed by atoms with Crippen LogP contribution in [0.4, 0.5) is 10.5 Å². The van der Waals surface area contributed by atoms with E-state index in [0.29, 0.717) is 38.4 Å². The van der Waals surface area contributed by atoms with Crippen LogP contribution in [-0.2, 0) is 20.7 Å². The van der Waals surface area contributed by atoms with Gasteiger partial charge in [0.15, 0.2) is 0 Å². The number of esters is 1. The zero-order valence-corrected chi connectivity index (χ0v) is 18.1. The summed E-state index contributed by atoms with van der Waals surface area (Å²) in [7, 11) is 0. The molecule has 4 rings (SSSR count). The fourth-order valence-corrected chi connectivity index (χ4v) is 4.29.